The molecule has 2 N–H and O–H groups in total. The third-order valence-corrected chi connectivity index (χ3v) is 6.16. The molecule has 1 aromatic rings. The Bertz CT molecular complexity index is 840. The molecule has 4 rings (SSSR count). The highest BCUT2D eigenvalue weighted by Crippen LogP contribution is 2.53. The van der Waals surface area contributed by atoms with E-state index in [1.54, 1.807) is 0 Å². The topological polar surface area (TPSA) is 78.5 Å². The highest BCUT2D eigenvalue weighted by Gasteiger charge is 2.70. The first-order valence-electron chi connectivity index (χ1n) is 9.57. The zero-order valence-electron chi connectivity index (χ0n) is 15.7. The number of anilines is 1. The molecule has 27 heavy (non-hydrogen) atoms. The summed E-state index contributed by atoms with van der Waals surface area (Å²) in [5, 5.41) is 6.06. The molecule has 6 nitrogen and oxygen atoms in total. The number of amides is 3. The number of nitrogens with one attached hydrogen (secondary N) is 2. The number of carbonyl (C=O) groups is 3. The summed E-state index contributed by atoms with van der Waals surface area (Å²) in [4.78, 5) is 40.7. The summed E-state index contributed by atoms with van der Waals surface area (Å²) in [6.45, 7) is 6.27. The van der Waals surface area contributed by atoms with Crippen LogP contribution in [0.4, 0.5) is 10.1 Å². The second kappa shape index (κ2) is 6.12. The number of halogens is 1. The van der Waals surface area contributed by atoms with Gasteiger partial charge in [-0.05, 0) is 30.5 Å². The standard InChI is InChI=1S/C20H24FN3O3/c1-4-5-8-24-17(25)14-15(18(24)26)20(23-16(14)10(2)3)12-9-11(21)6-7-13(12)22-19(20)27/h6-7,9-10,14-16,23H,4-5,8H2,1-3H3,(H,22,27)/t14-,15-,16?,20?/m1/s1. The van der Waals surface area contributed by atoms with Crippen LogP contribution in [0.2, 0.25) is 0 Å². The molecule has 2 saturated heterocycles. The quantitative estimate of drug-likeness (QED) is 0.792. The third kappa shape index (κ3) is 2.30. The van der Waals surface area contributed by atoms with Gasteiger partial charge in [0, 0.05) is 23.8 Å². The van der Waals surface area contributed by atoms with E-state index in [2.05, 4.69) is 10.6 Å². The normalized spacial score (nSPS) is 31.8. The van der Waals surface area contributed by atoms with E-state index in [1.807, 2.05) is 20.8 Å². The van der Waals surface area contributed by atoms with Crippen LogP contribution >= 0.6 is 0 Å². The molecule has 2 fully saturated rings. The lowest BCUT2D eigenvalue weighted by molar-refractivity contribution is -0.143. The number of nitrogens with zero attached hydrogens (tertiary/aromatic N) is 1. The number of fused-ring (bicyclic) bond motifs is 4. The van der Waals surface area contributed by atoms with Crippen LogP contribution in [0.15, 0.2) is 18.2 Å². The van der Waals surface area contributed by atoms with Gasteiger partial charge in [-0.2, -0.15) is 0 Å². The summed E-state index contributed by atoms with van der Waals surface area (Å²) < 4.78 is 14.0. The third-order valence-electron chi connectivity index (χ3n) is 6.16. The van der Waals surface area contributed by atoms with E-state index >= 15 is 0 Å². The summed E-state index contributed by atoms with van der Waals surface area (Å²) in [5.41, 5.74) is -0.487. The lowest BCUT2D eigenvalue weighted by Gasteiger charge is -2.30. The molecule has 3 heterocycles. The lowest BCUT2D eigenvalue weighted by Crippen LogP contribution is -2.54. The largest absolute Gasteiger partial charge is 0.324 e. The molecule has 3 amide bonds. The van der Waals surface area contributed by atoms with E-state index in [0.29, 0.717) is 17.8 Å². The zero-order chi connectivity index (χ0) is 19.5. The second-order valence-electron chi connectivity index (χ2n) is 8.05. The smallest absolute Gasteiger partial charge is 0.250 e. The number of hydrogen-bond donors (Lipinski definition) is 2. The Hall–Kier alpha value is -2.28. The average molecular weight is 373 g/mol. The van der Waals surface area contributed by atoms with Crippen molar-refractivity contribution in [2.24, 2.45) is 17.8 Å². The molecule has 7 heteroatoms. The van der Waals surface area contributed by atoms with E-state index in [9.17, 15) is 18.8 Å². The van der Waals surface area contributed by atoms with Crippen molar-refractivity contribution in [3.8, 4) is 0 Å². The van der Waals surface area contributed by atoms with Crippen LogP contribution in [0.3, 0.4) is 0 Å². The first kappa shape index (κ1) is 18.1. The van der Waals surface area contributed by atoms with Crippen LogP contribution in [0.25, 0.3) is 0 Å². The van der Waals surface area contributed by atoms with Crippen molar-refractivity contribution in [2.75, 3.05) is 11.9 Å². The van der Waals surface area contributed by atoms with Crippen LogP contribution < -0.4 is 10.6 Å². The van der Waals surface area contributed by atoms with Crippen molar-refractivity contribution in [3.05, 3.63) is 29.6 Å². The van der Waals surface area contributed by atoms with E-state index in [0.717, 1.165) is 12.8 Å². The summed E-state index contributed by atoms with van der Waals surface area (Å²) in [7, 11) is 0. The molecule has 144 valence electrons. The maximum Gasteiger partial charge on any atom is 0.250 e. The summed E-state index contributed by atoms with van der Waals surface area (Å²) >= 11 is 0. The molecule has 1 aromatic carbocycles. The van der Waals surface area contributed by atoms with Crippen molar-refractivity contribution >= 4 is 23.4 Å². The van der Waals surface area contributed by atoms with Gasteiger partial charge in [-0.1, -0.05) is 27.2 Å². The van der Waals surface area contributed by atoms with E-state index < -0.39 is 23.2 Å². The number of rotatable bonds is 4. The van der Waals surface area contributed by atoms with Crippen LogP contribution in [0.1, 0.15) is 39.2 Å². The average Bonchev–Trinajstić information content (AvgIpc) is 3.20. The van der Waals surface area contributed by atoms with Gasteiger partial charge in [0.1, 0.15) is 11.4 Å². The Balaban J connectivity index is 1.86. The fraction of sp³-hybridized carbons (Fsp3) is 0.550. The second-order valence-corrected chi connectivity index (χ2v) is 8.05. The number of benzene rings is 1. The fourth-order valence-corrected chi connectivity index (χ4v) is 4.88. The fourth-order valence-electron chi connectivity index (χ4n) is 4.88. The predicted octanol–water partition coefficient (Wildman–Crippen LogP) is 2.00. The first-order valence-corrected chi connectivity index (χ1v) is 9.57. The minimum Gasteiger partial charge on any atom is -0.324 e. The molecular weight excluding hydrogens is 349 g/mol. The van der Waals surface area contributed by atoms with Crippen molar-refractivity contribution in [3.63, 3.8) is 0 Å². The monoisotopic (exact) mass is 373 g/mol. The Morgan fingerprint density at radius 1 is 1.22 bits per heavy atom. The van der Waals surface area contributed by atoms with Gasteiger partial charge in [0.15, 0.2) is 0 Å². The number of hydrogen-bond acceptors (Lipinski definition) is 4. The zero-order valence-corrected chi connectivity index (χ0v) is 15.7. The van der Waals surface area contributed by atoms with Crippen LogP contribution in [0, 0.1) is 23.6 Å². The Labute approximate surface area is 157 Å². The summed E-state index contributed by atoms with van der Waals surface area (Å²) in [6, 6.07) is 3.75. The highest BCUT2D eigenvalue weighted by molar-refractivity contribution is 6.15. The predicted molar refractivity (Wildman–Crippen MR) is 97.1 cm³/mol. The van der Waals surface area contributed by atoms with Gasteiger partial charge in [-0.25, -0.2) is 4.39 Å². The molecule has 3 aliphatic heterocycles. The highest BCUT2D eigenvalue weighted by atomic mass is 19.1. The number of imide groups is 1. The molecule has 1 spiro atoms. The molecule has 2 unspecified atom stereocenters. The lowest BCUT2D eigenvalue weighted by atomic mass is 9.76. The Morgan fingerprint density at radius 2 is 1.96 bits per heavy atom. The molecule has 4 atom stereocenters. The number of carbonyl (C=O) groups excluding carboxylic acids is 3. The van der Waals surface area contributed by atoms with Gasteiger partial charge >= 0.3 is 0 Å². The van der Waals surface area contributed by atoms with Crippen molar-refractivity contribution in [1.82, 2.24) is 10.2 Å². The molecular formula is C20H24FN3O3. The first-order chi connectivity index (χ1) is 12.8. The van der Waals surface area contributed by atoms with E-state index in [4.69, 9.17) is 0 Å². The van der Waals surface area contributed by atoms with Gasteiger partial charge in [0.25, 0.3) is 0 Å². The van der Waals surface area contributed by atoms with Gasteiger partial charge < -0.3 is 5.32 Å². The van der Waals surface area contributed by atoms with Gasteiger partial charge in [0.2, 0.25) is 17.7 Å². The van der Waals surface area contributed by atoms with Gasteiger partial charge in [-0.3, -0.25) is 24.6 Å². The van der Waals surface area contributed by atoms with Crippen LogP contribution in [-0.4, -0.2) is 35.2 Å². The molecule has 0 saturated carbocycles. The van der Waals surface area contributed by atoms with E-state index in [-0.39, 0.29) is 29.7 Å². The molecule has 0 bridgehead atoms. The number of unbranched alkanes of at least 4 members (excludes halogenated alkanes) is 1. The molecule has 0 aromatic heterocycles. The maximum atomic E-state index is 14.0. The summed E-state index contributed by atoms with van der Waals surface area (Å²) in [6.07, 6.45) is 1.58. The molecule has 0 radical (unpaired) electrons. The van der Waals surface area contributed by atoms with Gasteiger partial charge in [-0.15, -0.1) is 0 Å². The van der Waals surface area contributed by atoms with E-state index in [1.165, 1.54) is 23.1 Å². The SMILES string of the molecule is CCCCN1C(=O)[C@H]2C(C(C)C)NC3(C(=O)Nc4ccc(F)cc43)[C@H]2C1=O. The maximum absolute atomic E-state index is 14.0. The van der Waals surface area contributed by atoms with Gasteiger partial charge in [0.05, 0.1) is 11.8 Å². The Kier molecular flexibility index (Phi) is 4.10. The Morgan fingerprint density at radius 3 is 2.63 bits per heavy atom. The minimum absolute atomic E-state index is 0.0326. The van der Waals surface area contributed by atoms with Crippen molar-refractivity contribution in [2.45, 2.75) is 45.2 Å². The van der Waals surface area contributed by atoms with Crippen LogP contribution in [0.5, 0.6) is 0 Å². The molecule has 3 aliphatic rings. The van der Waals surface area contributed by atoms with Crippen molar-refractivity contribution < 1.29 is 18.8 Å². The van der Waals surface area contributed by atoms with Crippen LogP contribution in [-0.2, 0) is 19.9 Å². The molecule has 0 aliphatic carbocycles. The number of likely N-dealkylation sites (tertiary alicyclic amines) is 1. The minimum atomic E-state index is -1.40. The van der Waals surface area contributed by atoms with Crippen molar-refractivity contribution in [1.29, 1.82) is 0 Å². The summed E-state index contributed by atoms with van der Waals surface area (Å²) in [5.74, 6) is -2.85.